The van der Waals surface area contributed by atoms with Crippen LogP contribution in [-0.4, -0.2) is 12.1 Å². The molecule has 0 atom stereocenters. The summed E-state index contributed by atoms with van der Waals surface area (Å²) < 4.78 is 6.51. The van der Waals surface area contributed by atoms with Gasteiger partial charge in [-0.05, 0) is 30.3 Å². The van der Waals surface area contributed by atoms with E-state index < -0.39 is 0 Å². The van der Waals surface area contributed by atoms with Crippen LogP contribution in [0.5, 0.6) is 5.75 Å². The van der Waals surface area contributed by atoms with Crippen molar-refractivity contribution in [3.05, 3.63) is 52.5 Å². The molecule has 0 saturated carbocycles. The van der Waals surface area contributed by atoms with Gasteiger partial charge in [-0.25, -0.2) is 4.98 Å². The number of halogens is 1. The predicted molar refractivity (Wildman–Crippen MR) is 85.0 cm³/mol. The molecule has 0 bridgehead atoms. The number of nitrogens with one attached hydrogen (secondary N) is 1. The molecule has 102 valence electrons. The van der Waals surface area contributed by atoms with E-state index in [1.54, 1.807) is 18.4 Å². The first-order valence-corrected chi connectivity index (χ1v) is 7.37. The van der Waals surface area contributed by atoms with E-state index in [0.29, 0.717) is 11.6 Å². The average molecular weight is 305 g/mol. The van der Waals surface area contributed by atoms with E-state index in [9.17, 15) is 0 Å². The van der Waals surface area contributed by atoms with Gasteiger partial charge in [0.15, 0.2) is 0 Å². The molecule has 0 spiro atoms. The third-order valence-electron chi connectivity index (χ3n) is 2.93. The molecule has 2 aromatic carbocycles. The third-order valence-corrected chi connectivity index (χ3v) is 4.20. The lowest BCUT2D eigenvalue weighted by atomic mass is 10.3. The van der Waals surface area contributed by atoms with E-state index in [1.165, 1.54) is 4.70 Å². The average Bonchev–Trinajstić information content (AvgIpc) is 2.88. The van der Waals surface area contributed by atoms with Crippen LogP contribution in [0.25, 0.3) is 10.2 Å². The highest BCUT2D eigenvalue weighted by atomic mass is 35.5. The summed E-state index contributed by atoms with van der Waals surface area (Å²) in [5, 5.41) is 5.03. The first-order chi connectivity index (χ1) is 9.76. The number of thiazole rings is 1. The van der Waals surface area contributed by atoms with Crippen molar-refractivity contribution in [3.8, 4) is 5.75 Å². The Labute approximate surface area is 126 Å². The topological polar surface area (TPSA) is 34.1 Å². The second-order valence-electron chi connectivity index (χ2n) is 4.27. The summed E-state index contributed by atoms with van der Waals surface area (Å²) in [6.45, 7) is 0.649. The van der Waals surface area contributed by atoms with Crippen molar-refractivity contribution in [1.82, 2.24) is 4.98 Å². The molecular formula is C15H13ClN2OS. The lowest BCUT2D eigenvalue weighted by molar-refractivity contribution is 0.416. The second kappa shape index (κ2) is 5.69. The minimum Gasteiger partial charge on any atom is -0.495 e. The fourth-order valence-electron chi connectivity index (χ4n) is 1.98. The molecule has 1 aromatic heterocycles. The van der Waals surface area contributed by atoms with Gasteiger partial charge in [0.1, 0.15) is 10.8 Å². The summed E-state index contributed by atoms with van der Waals surface area (Å²) >= 11 is 7.70. The summed E-state index contributed by atoms with van der Waals surface area (Å²) in [4.78, 5) is 4.59. The van der Waals surface area contributed by atoms with Gasteiger partial charge in [-0.1, -0.05) is 23.7 Å². The SMILES string of the molecule is COc1ccc(Cl)cc1NCc1nc2ccccc2s1. The largest absolute Gasteiger partial charge is 0.495 e. The van der Waals surface area contributed by atoms with Gasteiger partial charge < -0.3 is 10.1 Å². The highest BCUT2D eigenvalue weighted by molar-refractivity contribution is 7.18. The minimum absolute atomic E-state index is 0.649. The van der Waals surface area contributed by atoms with Crippen LogP contribution >= 0.6 is 22.9 Å². The molecule has 1 heterocycles. The van der Waals surface area contributed by atoms with Crippen LogP contribution in [0.1, 0.15) is 5.01 Å². The zero-order valence-corrected chi connectivity index (χ0v) is 12.5. The zero-order chi connectivity index (χ0) is 13.9. The second-order valence-corrected chi connectivity index (χ2v) is 5.83. The van der Waals surface area contributed by atoms with Gasteiger partial charge >= 0.3 is 0 Å². The Kier molecular flexibility index (Phi) is 3.76. The van der Waals surface area contributed by atoms with Crippen molar-refractivity contribution in [3.63, 3.8) is 0 Å². The number of hydrogen-bond donors (Lipinski definition) is 1. The zero-order valence-electron chi connectivity index (χ0n) is 10.9. The highest BCUT2D eigenvalue weighted by Crippen LogP contribution is 2.29. The number of anilines is 1. The Morgan fingerprint density at radius 2 is 2.10 bits per heavy atom. The standard InChI is InChI=1S/C15H13ClN2OS/c1-19-13-7-6-10(16)8-12(13)17-9-15-18-11-4-2-3-5-14(11)20-15/h2-8,17H,9H2,1H3. The number of ether oxygens (including phenoxy) is 1. The van der Waals surface area contributed by atoms with E-state index in [0.717, 1.165) is 22.0 Å². The Balaban J connectivity index is 1.80. The number of fused-ring (bicyclic) bond motifs is 1. The van der Waals surface area contributed by atoms with Crippen molar-refractivity contribution in [2.45, 2.75) is 6.54 Å². The number of aromatic nitrogens is 1. The van der Waals surface area contributed by atoms with Gasteiger partial charge in [0, 0.05) is 5.02 Å². The molecule has 0 radical (unpaired) electrons. The van der Waals surface area contributed by atoms with E-state index in [2.05, 4.69) is 16.4 Å². The lowest BCUT2D eigenvalue weighted by Gasteiger charge is -2.10. The molecular weight excluding hydrogens is 292 g/mol. The maximum absolute atomic E-state index is 6.01. The van der Waals surface area contributed by atoms with Crippen molar-refractivity contribution in [1.29, 1.82) is 0 Å². The maximum Gasteiger partial charge on any atom is 0.142 e. The molecule has 0 aliphatic carbocycles. The number of nitrogens with zero attached hydrogens (tertiary/aromatic N) is 1. The molecule has 3 rings (SSSR count). The number of para-hydroxylation sites is 1. The van der Waals surface area contributed by atoms with Crippen molar-refractivity contribution >= 4 is 38.8 Å². The summed E-state index contributed by atoms with van der Waals surface area (Å²) in [5.74, 6) is 0.774. The number of hydrogen-bond acceptors (Lipinski definition) is 4. The van der Waals surface area contributed by atoms with Crippen LogP contribution in [0.3, 0.4) is 0 Å². The highest BCUT2D eigenvalue weighted by Gasteiger charge is 2.06. The Bertz CT molecular complexity index is 709. The molecule has 1 N–H and O–H groups in total. The van der Waals surface area contributed by atoms with Gasteiger partial charge in [-0.15, -0.1) is 11.3 Å². The monoisotopic (exact) mass is 304 g/mol. The Hall–Kier alpha value is -1.78. The minimum atomic E-state index is 0.649. The lowest BCUT2D eigenvalue weighted by Crippen LogP contribution is -2.00. The van der Waals surface area contributed by atoms with Crippen LogP contribution < -0.4 is 10.1 Å². The van der Waals surface area contributed by atoms with E-state index >= 15 is 0 Å². The van der Waals surface area contributed by atoms with E-state index in [1.807, 2.05) is 36.4 Å². The number of methoxy groups -OCH3 is 1. The third kappa shape index (κ3) is 2.71. The van der Waals surface area contributed by atoms with Gasteiger partial charge in [-0.2, -0.15) is 0 Å². The van der Waals surface area contributed by atoms with Crippen LogP contribution in [0.2, 0.25) is 5.02 Å². The summed E-state index contributed by atoms with van der Waals surface area (Å²) in [6, 6.07) is 13.6. The van der Waals surface area contributed by atoms with Crippen molar-refractivity contribution in [2.75, 3.05) is 12.4 Å². The fourth-order valence-corrected chi connectivity index (χ4v) is 3.06. The molecule has 0 aliphatic heterocycles. The molecule has 3 aromatic rings. The first-order valence-electron chi connectivity index (χ1n) is 6.18. The summed E-state index contributed by atoms with van der Waals surface area (Å²) in [6.07, 6.45) is 0. The van der Waals surface area contributed by atoms with Crippen LogP contribution in [0, 0.1) is 0 Å². The van der Waals surface area contributed by atoms with Gasteiger partial charge in [0.2, 0.25) is 0 Å². The molecule has 0 aliphatic rings. The van der Waals surface area contributed by atoms with Crippen LogP contribution in [0.15, 0.2) is 42.5 Å². The van der Waals surface area contributed by atoms with Crippen molar-refractivity contribution in [2.24, 2.45) is 0 Å². The molecule has 0 saturated heterocycles. The van der Waals surface area contributed by atoms with Gasteiger partial charge in [0.25, 0.3) is 0 Å². The Morgan fingerprint density at radius 1 is 1.25 bits per heavy atom. The summed E-state index contributed by atoms with van der Waals surface area (Å²) in [5.41, 5.74) is 1.91. The normalized spacial score (nSPS) is 10.7. The maximum atomic E-state index is 6.01. The van der Waals surface area contributed by atoms with E-state index in [4.69, 9.17) is 16.3 Å². The first kappa shape index (κ1) is 13.2. The molecule has 0 unspecified atom stereocenters. The fraction of sp³-hybridized carbons (Fsp3) is 0.133. The molecule has 0 amide bonds. The van der Waals surface area contributed by atoms with Gasteiger partial charge in [0.05, 0.1) is 29.6 Å². The number of rotatable bonds is 4. The predicted octanol–water partition coefficient (Wildman–Crippen LogP) is 4.57. The van der Waals surface area contributed by atoms with Crippen LogP contribution in [0.4, 0.5) is 5.69 Å². The van der Waals surface area contributed by atoms with E-state index in [-0.39, 0.29) is 0 Å². The molecule has 5 heteroatoms. The molecule has 0 fully saturated rings. The van der Waals surface area contributed by atoms with Crippen molar-refractivity contribution < 1.29 is 4.74 Å². The Morgan fingerprint density at radius 3 is 2.90 bits per heavy atom. The quantitative estimate of drug-likeness (QED) is 0.766. The molecule has 20 heavy (non-hydrogen) atoms. The van der Waals surface area contributed by atoms with Crippen LogP contribution in [-0.2, 0) is 6.54 Å². The van der Waals surface area contributed by atoms with Gasteiger partial charge in [-0.3, -0.25) is 0 Å². The molecule has 3 nitrogen and oxygen atoms in total. The summed E-state index contributed by atoms with van der Waals surface area (Å²) in [7, 11) is 1.64. The number of benzene rings is 2. The smallest absolute Gasteiger partial charge is 0.142 e.